The summed E-state index contributed by atoms with van der Waals surface area (Å²) in [5, 5.41) is 0. The van der Waals surface area contributed by atoms with Crippen molar-refractivity contribution < 1.29 is 9.47 Å². The number of anilines is 1. The minimum atomic E-state index is 0.311. The van der Waals surface area contributed by atoms with E-state index in [2.05, 4.69) is 15.0 Å². The van der Waals surface area contributed by atoms with E-state index in [9.17, 15) is 0 Å². The highest BCUT2D eigenvalue weighted by Gasteiger charge is 2.10. The molecule has 0 spiro atoms. The molecule has 0 saturated heterocycles. The Balaban J connectivity index is 2.25. The average Bonchev–Trinajstić information content (AvgIpc) is 2.48. The van der Waals surface area contributed by atoms with Gasteiger partial charge in [-0.2, -0.15) is 0 Å². The summed E-state index contributed by atoms with van der Waals surface area (Å²) in [6.45, 7) is 1.33. The summed E-state index contributed by atoms with van der Waals surface area (Å²) in [5.74, 6) is 0.514. The number of hydrogen-bond donors (Lipinski definition) is 1. The topological polar surface area (TPSA) is 86.4 Å². The van der Waals surface area contributed by atoms with Gasteiger partial charge in [-0.3, -0.25) is 0 Å². The van der Waals surface area contributed by atoms with Crippen molar-refractivity contribution in [2.45, 2.75) is 0 Å². The summed E-state index contributed by atoms with van der Waals surface area (Å²) >= 11 is 0. The molecule has 2 aromatic rings. The molecule has 0 saturated carbocycles. The molecule has 0 atom stereocenters. The van der Waals surface area contributed by atoms with Crippen LogP contribution in [0.25, 0.3) is 11.1 Å². The Morgan fingerprint density at radius 2 is 1.86 bits per heavy atom. The molecule has 0 radical (unpaired) electrons. The summed E-state index contributed by atoms with van der Waals surface area (Å²) in [4.78, 5) is 14.5. The zero-order valence-electron chi connectivity index (χ0n) is 12.4. The van der Waals surface area contributed by atoms with E-state index >= 15 is 0 Å². The molecule has 0 aliphatic rings. The van der Waals surface area contributed by atoms with Crippen molar-refractivity contribution in [2.75, 3.05) is 40.1 Å². The average molecular weight is 289 g/mol. The quantitative estimate of drug-likeness (QED) is 0.851. The molecule has 0 amide bonds. The first kappa shape index (κ1) is 15.0. The van der Waals surface area contributed by atoms with E-state index < -0.39 is 0 Å². The van der Waals surface area contributed by atoms with Crippen LogP contribution in [0.15, 0.2) is 24.7 Å². The molecular formula is C14H19N5O2. The van der Waals surface area contributed by atoms with Crippen LogP contribution < -0.4 is 15.2 Å². The van der Waals surface area contributed by atoms with Gasteiger partial charge in [0.15, 0.2) is 0 Å². The Morgan fingerprint density at radius 3 is 2.48 bits per heavy atom. The first-order valence-electron chi connectivity index (χ1n) is 6.49. The van der Waals surface area contributed by atoms with Crippen molar-refractivity contribution in [3.05, 3.63) is 24.7 Å². The van der Waals surface area contributed by atoms with E-state index in [1.807, 2.05) is 19.0 Å². The minimum Gasteiger partial charge on any atom is -0.476 e. The maximum atomic E-state index is 5.81. The van der Waals surface area contributed by atoms with Crippen LogP contribution in [0.1, 0.15) is 0 Å². The number of rotatable bonds is 6. The minimum absolute atomic E-state index is 0.311. The van der Waals surface area contributed by atoms with Crippen LogP contribution in [0.3, 0.4) is 0 Å². The van der Waals surface area contributed by atoms with Crippen LogP contribution in [-0.4, -0.2) is 54.2 Å². The van der Waals surface area contributed by atoms with Gasteiger partial charge in [-0.25, -0.2) is 15.0 Å². The number of methoxy groups -OCH3 is 1. The van der Waals surface area contributed by atoms with E-state index in [0.717, 1.165) is 17.7 Å². The summed E-state index contributed by atoms with van der Waals surface area (Å²) in [7, 11) is 5.49. The lowest BCUT2D eigenvalue weighted by Crippen LogP contribution is -2.19. The van der Waals surface area contributed by atoms with E-state index in [-0.39, 0.29) is 0 Å². The first-order valence-corrected chi connectivity index (χ1v) is 6.49. The lowest BCUT2D eigenvalue weighted by molar-refractivity contribution is 0.255. The van der Waals surface area contributed by atoms with Crippen molar-refractivity contribution in [3.63, 3.8) is 0 Å². The third-order valence-corrected chi connectivity index (χ3v) is 2.77. The highest BCUT2D eigenvalue weighted by Crippen LogP contribution is 2.29. The molecule has 2 rings (SSSR count). The third kappa shape index (κ3) is 4.03. The molecule has 112 valence electrons. The molecule has 0 unspecified atom stereocenters. The van der Waals surface area contributed by atoms with Crippen molar-refractivity contribution in [1.29, 1.82) is 0 Å². The lowest BCUT2D eigenvalue weighted by Gasteiger charge is -2.13. The molecule has 0 aliphatic heterocycles. The highest BCUT2D eigenvalue weighted by atomic mass is 16.5. The normalized spacial score (nSPS) is 10.7. The second-order valence-electron chi connectivity index (χ2n) is 4.73. The molecule has 7 nitrogen and oxygen atoms in total. The zero-order valence-corrected chi connectivity index (χ0v) is 12.4. The van der Waals surface area contributed by atoms with Crippen molar-refractivity contribution in [3.8, 4) is 23.0 Å². The second-order valence-corrected chi connectivity index (χ2v) is 4.73. The maximum absolute atomic E-state index is 5.81. The van der Waals surface area contributed by atoms with Gasteiger partial charge in [0.05, 0.1) is 19.0 Å². The zero-order chi connectivity index (χ0) is 15.2. The number of nitrogens with zero attached hydrogens (tertiary/aromatic N) is 4. The van der Waals surface area contributed by atoms with E-state index in [4.69, 9.17) is 15.2 Å². The first-order chi connectivity index (χ1) is 10.1. The molecule has 0 bridgehead atoms. The van der Waals surface area contributed by atoms with Gasteiger partial charge in [0.1, 0.15) is 6.61 Å². The fourth-order valence-corrected chi connectivity index (χ4v) is 1.68. The highest BCUT2D eigenvalue weighted by molar-refractivity contribution is 5.70. The number of likely N-dealkylation sites (N-methyl/N-ethyl adjacent to an activating group) is 1. The molecular weight excluding hydrogens is 270 g/mol. The van der Waals surface area contributed by atoms with Crippen LogP contribution in [0, 0.1) is 0 Å². The summed E-state index contributed by atoms with van der Waals surface area (Å²) in [6, 6.07) is 2.11. The van der Waals surface area contributed by atoms with Gasteiger partial charge in [0.25, 0.3) is 0 Å². The number of pyridine rings is 1. The Morgan fingerprint density at radius 1 is 1.14 bits per heavy atom. The predicted octanol–water partition coefficient (Wildman–Crippen LogP) is 1.07. The standard InChI is InChI=1S/C14H19N5O2/c1-19(2)4-5-21-13-12(6-11(15)9-16-13)10-7-17-14(20-3)18-8-10/h6-9H,4-5,15H2,1-3H3. The largest absolute Gasteiger partial charge is 0.476 e. The Hall–Kier alpha value is -2.41. The summed E-state index contributed by atoms with van der Waals surface area (Å²) < 4.78 is 10.7. The van der Waals surface area contributed by atoms with Gasteiger partial charge in [-0.05, 0) is 20.2 Å². The third-order valence-electron chi connectivity index (χ3n) is 2.77. The van der Waals surface area contributed by atoms with E-state index in [1.54, 1.807) is 24.7 Å². The van der Waals surface area contributed by atoms with Crippen molar-refractivity contribution >= 4 is 5.69 Å². The maximum Gasteiger partial charge on any atom is 0.316 e. The van der Waals surface area contributed by atoms with E-state index in [0.29, 0.717) is 24.2 Å². The van der Waals surface area contributed by atoms with Crippen LogP contribution in [0.2, 0.25) is 0 Å². The van der Waals surface area contributed by atoms with Gasteiger partial charge < -0.3 is 20.1 Å². The fraction of sp³-hybridized carbons (Fsp3) is 0.357. The summed E-state index contributed by atoms with van der Waals surface area (Å²) in [6.07, 6.45) is 4.88. The van der Waals surface area contributed by atoms with Crippen LogP contribution in [-0.2, 0) is 0 Å². The van der Waals surface area contributed by atoms with Crippen molar-refractivity contribution in [2.24, 2.45) is 0 Å². The number of aromatic nitrogens is 3. The Bertz CT molecular complexity index is 586. The van der Waals surface area contributed by atoms with Crippen molar-refractivity contribution in [1.82, 2.24) is 19.9 Å². The van der Waals surface area contributed by atoms with Gasteiger partial charge >= 0.3 is 6.01 Å². The fourth-order valence-electron chi connectivity index (χ4n) is 1.68. The van der Waals surface area contributed by atoms with Gasteiger partial charge in [-0.15, -0.1) is 0 Å². The number of nitrogen functional groups attached to an aromatic ring is 1. The smallest absolute Gasteiger partial charge is 0.316 e. The Labute approximate surface area is 123 Å². The Kier molecular flexibility index (Phi) is 4.89. The summed E-state index contributed by atoms with van der Waals surface area (Å²) in [5.41, 5.74) is 7.90. The molecule has 21 heavy (non-hydrogen) atoms. The van der Waals surface area contributed by atoms with Gasteiger partial charge in [-0.1, -0.05) is 0 Å². The monoisotopic (exact) mass is 289 g/mol. The lowest BCUT2D eigenvalue weighted by atomic mass is 10.1. The van der Waals surface area contributed by atoms with Crippen LogP contribution in [0.5, 0.6) is 11.9 Å². The molecule has 2 heterocycles. The van der Waals surface area contributed by atoms with E-state index in [1.165, 1.54) is 7.11 Å². The molecule has 0 fully saturated rings. The van der Waals surface area contributed by atoms with Crippen LogP contribution >= 0.6 is 0 Å². The number of hydrogen-bond acceptors (Lipinski definition) is 7. The molecule has 2 aromatic heterocycles. The molecule has 0 aliphatic carbocycles. The molecule has 7 heteroatoms. The molecule has 0 aromatic carbocycles. The number of ether oxygens (including phenoxy) is 2. The second kappa shape index (κ2) is 6.85. The SMILES string of the molecule is COc1ncc(-c2cc(N)cnc2OCCN(C)C)cn1. The number of nitrogens with two attached hydrogens (primary N) is 1. The predicted molar refractivity (Wildman–Crippen MR) is 80.3 cm³/mol. The van der Waals surface area contributed by atoms with Gasteiger partial charge in [0.2, 0.25) is 5.88 Å². The molecule has 2 N–H and O–H groups in total. The van der Waals surface area contributed by atoms with Gasteiger partial charge in [0, 0.05) is 30.1 Å². The van der Waals surface area contributed by atoms with Crippen LogP contribution in [0.4, 0.5) is 5.69 Å².